The molecule has 0 amide bonds. The molecule has 0 atom stereocenters. The van der Waals surface area contributed by atoms with Gasteiger partial charge in [0.05, 0.1) is 0 Å². The molecule has 4 rings (SSSR count). The fourth-order valence-electron chi connectivity index (χ4n) is 2.35. The van der Waals surface area contributed by atoms with E-state index < -0.39 is 0 Å². The molecule has 4 nitrogen and oxygen atoms in total. The van der Waals surface area contributed by atoms with Crippen molar-refractivity contribution in [3.63, 3.8) is 0 Å². The van der Waals surface area contributed by atoms with Crippen LogP contribution in [0, 0.1) is 0 Å². The molecule has 0 spiro atoms. The molecule has 0 aliphatic carbocycles. The van der Waals surface area contributed by atoms with Crippen LogP contribution in [0.3, 0.4) is 0 Å². The molecular formula is C16H6Br4N4Se2. The predicted molar refractivity (Wildman–Crippen MR) is 121 cm³/mol. The molecule has 130 valence electrons. The van der Waals surface area contributed by atoms with Crippen molar-refractivity contribution >= 4 is 121 Å². The van der Waals surface area contributed by atoms with Gasteiger partial charge in [-0.05, 0) is 0 Å². The van der Waals surface area contributed by atoms with E-state index in [2.05, 4.69) is 95.8 Å². The zero-order chi connectivity index (χ0) is 18.3. The van der Waals surface area contributed by atoms with Crippen LogP contribution in [-0.4, -0.2) is 46.2 Å². The molecule has 0 N–H and O–H groups in total. The third-order valence-corrected chi connectivity index (χ3v) is 12.1. The van der Waals surface area contributed by atoms with Crippen LogP contribution in [0.4, 0.5) is 0 Å². The molecular weight excluding hydrogens is 726 g/mol. The van der Waals surface area contributed by atoms with Crippen molar-refractivity contribution in [1.29, 1.82) is 0 Å². The van der Waals surface area contributed by atoms with E-state index in [0.717, 1.165) is 48.9 Å². The second kappa shape index (κ2) is 8.21. The molecule has 0 saturated heterocycles. The Labute approximate surface area is 193 Å². The SMILES string of the molecule is Brc1cc(Br)c2ncnc([Se][Se]c3ncnc4c(Br)cc(Br)cc34)c2c1. The Morgan fingerprint density at radius 3 is 1.42 bits per heavy atom. The van der Waals surface area contributed by atoms with Gasteiger partial charge in [-0.25, -0.2) is 0 Å². The molecule has 26 heavy (non-hydrogen) atoms. The average Bonchev–Trinajstić information content (AvgIpc) is 2.60. The van der Waals surface area contributed by atoms with Gasteiger partial charge in [-0.15, -0.1) is 0 Å². The van der Waals surface area contributed by atoms with Gasteiger partial charge in [0, 0.05) is 0 Å². The molecule has 2 aromatic heterocycles. The van der Waals surface area contributed by atoms with Crippen LogP contribution in [0.15, 0.2) is 54.8 Å². The molecule has 0 unspecified atom stereocenters. The van der Waals surface area contributed by atoms with E-state index >= 15 is 0 Å². The Morgan fingerprint density at radius 2 is 1.00 bits per heavy atom. The second-order valence-electron chi connectivity index (χ2n) is 5.09. The maximum atomic E-state index is 4.55. The quantitative estimate of drug-likeness (QED) is 0.301. The van der Waals surface area contributed by atoms with E-state index in [4.69, 9.17) is 0 Å². The van der Waals surface area contributed by atoms with E-state index in [0.29, 0.717) is 0 Å². The third-order valence-electron chi connectivity index (χ3n) is 3.44. The fraction of sp³-hybridized carbons (Fsp3) is 0. The molecule has 10 heteroatoms. The van der Waals surface area contributed by atoms with E-state index in [1.807, 2.05) is 12.1 Å². The number of aromatic nitrogens is 4. The topological polar surface area (TPSA) is 51.6 Å². The van der Waals surface area contributed by atoms with E-state index in [-0.39, 0.29) is 26.3 Å². The molecule has 0 saturated carbocycles. The summed E-state index contributed by atoms with van der Waals surface area (Å²) in [5.41, 5.74) is 1.88. The summed E-state index contributed by atoms with van der Waals surface area (Å²) in [5.74, 6) is 0. The van der Waals surface area contributed by atoms with Crippen molar-refractivity contribution in [2.75, 3.05) is 0 Å². The summed E-state index contributed by atoms with van der Waals surface area (Å²) in [4.78, 5) is 17.9. The van der Waals surface area contributed by atoms with Crippen molar-refractivity contribution in [2.45, 2.75) is 0 Å². The standard InChI is InChI=1S/C16H6Br4N4Se2/c17-7-1-9-13(11(19)3-7)21-5-23-15(9)25-26-16-10-2-8(18)4-12(20)14(10)22-6-24-16/h1-6H. The molecule has 4 aromatic rings. The van der Waals surface area contributed by atoms with Gasteiger partial charge < -0.3 is 0 Å². The van der Waals surface area contributed by atoms with Gasteiger partial charge >= 0.3 is 196 Å². The van der Waals surface area contributed by atoms with E-state index in [1.165, 1.54) is 0 Å². The average molecular weight is 732 g/mol. The van der Waals surface area contributed by atoms with Gasteiger partial charge in [-0.2, -0.15) is 0 Å². The van der Waals surface area contributed by atoms with Crippen molar-refractivity contribution in [3.8, 4) is 0 Å². The van der Waals surface area contributed by atoms with Gasteiger partial charge in [0.15, 0.2) is 0 Å². The van der Waals surface area contributed by atoms with Gasteiger partial charge in [0.25, 0.3) is 0 Å². The van der Waals surface area contributed by atoms with Crippen molar-refractivity contribution in [1.82, 2.24) is 19.9 Å². The first-order chi connectivity index (χ1) is 12.5. The third kappa shape index (κ3) is 3.94. The summed E-state index contributed by atoms with van der Waals surface area (Å²) < 4.78 is 6.13. The number of nitrogens with zero attached hydrogens (tertiary/aromatic N) is 4. The summed E-state index contributed by atoms with van der Waals surface area (Å²) in [6, 6.07) is 8.17. The Hall–Kier alpha value is 0.0790. The number of fused-ring (bicyclic) bond motifs is 2. The number of benzene rings is 2. The Morgan fingerprint density at radius 1 is 0.577 bits per heavy atom. The fourth-order valence-corrected chi connectivity index (χ4v) is 11.4. The van der Waals surface area contributed by atoms with E-state index in [1.54, 1.807) is 12.7 Å². The van der Waals surface area contributed by atoms with Crippen molar-refractivity contribution in [3.05, 3.63) is 54.8 Å². The maximum absolute atomic E-state index is 4.55. The Kier molecular flexibility index (Phi) is 6.13. The zero-order valence-corrected chi connectivity index (χ0v) is 22.4. The van der Waals surface area contributed by atoms with Crippen LogP contribution in [-0.2, 0) is 0 Å². The van der Waals surface area contributed by atoms with E-state index in [9.17, 15) is 0 Å². The van der Waals surface area contributed by atoms with Crippen LogP contribution < -0.4 is 9.18 Å². The minimum atomic E-state index is 0.171. The normalized spacial score (nSPS) is 11.4. The van der Waals surface area contributed by atoms with Crippen LogP contribution in [0.5, 0.6) is 0 Å². The second-order valence-corrected chi connectivity index (χ2v) is 14.6. The van der Waals surface area contributed by atoms with Gasteiger partial charge in [0.2, 0.25) is 0 Å². The summed E-state index contributed by atoms with van der Waals surface area (Å²) in [6.45, 7) is 0. The predicted octanol–water partition coefficient (Wildman–Crippen LogP) is 3.90. The van der Waals surface area contributed by atoms with Crippen LogP contribution in [0.1, 0.15) is 0 Å². The summed E-state index contributed by atoms with van der Waals surface area (Å²) >= 11 is 14.6. The molecule has 0 aliphatic heterocycles. The first-order valence-corrected chi connectivity index (χ1v) is 16.3. The molecule has 2 aromatic carbocycles. The Bertz CT molecular complexity index is 1060. The molecule has 0 fully saturated rings. The van der Waals surface area contributed by atoms with Gasteiger partial charge in [-0.3, -0.25) is 0 Å². The van der Waals surface area contributed by atoms with Gasteiger partial charge in [-0.1, -0.05) is 0 Å². The number of hydrogen-bond donors (Lipinski definition) is 0. The van der Waals surface area contributed by atoms with Gasteiger partial charge in [0.1, 0.15) is 0 Å². The molecule has 0 bridgehead atoms. The monoisotopic (exact) mass is 730 g/mol. The zero-order valence-electron chi connectivity index (χ0n) is 12.6. The number of halogens is 4. The minimum absolute atomic E-state index is 0.171. The van der Waals surface area contributed by atoms with Crippen LogP contribution in [0.2, 0.25) is 0 Å². The number of rotatable bonds is 3. The summed E-state index contributed by atoms with van der Waals surface area (Å²) in [5, 5.41) is 2.16. The number of hydrogen-bond acceptors (Lipinski definition) is 4. The van der Waals surface area contributed by atoms with Crippen molar-refractivity contribution in [2.24, 2.45) is 0 Å². The molecule has 0 aliphatic rings. The summed E-state index contributed by atoms with van der Waals surface area (Å²) in [7, 11) is 0. The van der Waals surface area contributed by atoms with Crippen LogP contribution in [0.25, 0.3) is 21.8 Å². The van der Waals surface area contributed by atoms with Crippen molar-refractivity contribution < 1.29 is 0 Å². The Balaban J connectivity index is 1.75. The summed E-state index contributed by atoms with van der Waals surface area (Å²) in [6.07, 6.45) is 3.28. The first kappa shape index (κ1) is 19.4. The van der Waals surface area contributed by atoms with Crippen LogP contribution >= 0.6 is 63.7 Å². The first-order valence-electron chi connectivity index (χ1n) is 7.07. The molecule has 0 radical (unpaired) electrons. The molecule has 2 heterocycles.